The largest absolute Gasteiger partial charge is 0.352 e. The number of hydrogen-bond donors (Lipinski definition) is 1. The fourth-order valence-corrected chi connectivity index (χ4v) is 2.06. The van der Waals surface area contributed by atoms with E-state index in [1.54, 1.807) is 12.1 Å². The van der Waals surface area contributed by atoms with Gasteiger partial charge in [0.1, 0.15) is 5.82 Å². The molecule has 2 aromatic rings. The summed E-state index contributed by atoms with van der Waals surface area (Å²) in [7, 11) is 0. The highest BCUT2D eigenvalue weighted by molar-refractivity contribution is 14.1. The second-order valence-corrected chi connectivity index (χ2v) is 5.08. The second-order valence-electron chi connectivity index (χ2n) is 3.83. The summed E-state index contributed by atoms with van der Waals surface area (Å²) in [6.45, 7) is 0. The lowest BCUT2D eigenvalue weighted by Crippen LogP contribution is -2.15. The van der Waals surface area contributed by atoms with Crippen LogP contribution in [0.3, 0.4) is 0 Å². The van der Waals surface area contributed by atoms with Gasteiger partial charge in [-0.25, -0.2) is 4.39 Å². The van der Waals surface area contributed by atoms with Crippen molar-refractivity contribution in [3.63, 3.8) is 0 Å². The Labute approximate surface area is 126 Å². The summed E-state index contributed by atoms with van der Waals surface area (Å²) in [5, 5.41) is 1.14. The number of halogens is 4. The maximum atomic E-state index is 13.7. The quantitative estimate of drug-likeness (QED) is 0.621. The molecule has 0 bridgehead atoms. The van der Waals surface area contributed by atoms with Crippen LogP contribution in [0.1, 0.15) is 10.4 Å². The molecule has 2 rings (SSSR count). The molecule has 0 aromatic heterocycles. The van der Waals surface area contributed by atoms with E-state index in [2.05, 4.69) is 5.32 Å². The zero-order valence-corrected chi connectivity index (χ0v) is 12.1. The van der Waals surface area contributed by atoms with E-state index < -0.39 is 17.1 Å². The van der Waals surface area contributed by atoms with Crippen molar-refractivity contribution in [1.29, 1.82) is 0 Å². The topological polar surface area (TPSA) is 32.3 Å². The molecule has 0 saturated heterocycles. The van der Waals surface area contributed by atoms with E-state index in [4.69, 9.17) is 0 Å². The predicted molar refractivity (Wildman–Crippen MR) is 77.2 cm³/mol. The van der Waals surface area contributed by atoms with Crippen LogP contribution in [-0.2, 0) is 0 Å². The molecule has 0 saturated carbocycles. The van der Waals surface area contributed by atoms with E-state index in [-0.39, 0.29) is 16.9 Å². The Kier molecular flexibility index (Phi) is 4.48. The normalized spacial score (nSPS) is 10.2. The maximum absolute atomic E-state index is 13.7. The number of para-hydroxylation sites is 1. The van der Waals surface area contributed by atoms with Gasteiger partial charge in [-0.05, 0) is 52.9 Å². The van der Waals surface area contributed by atoms with Gasteiger partial charge >= 0.3 is 5.91 Å². The van der Waals surface area contributed by atoms with Gasteiger partial charge in [0.2, 0.25) is 0 Å². The highest BCUT2D eigenvalue weighted by Crippen LogP contribution is 2.25. The van der Waals surface area contributed by atoms with Gasteiger partial charge in [0.05, 0.1) is 16.9 Å². The average molecular weight is 392 g/mol. The summed E-state index contributed by atoms with van der Waals surface area (Å²) in [5.74, 6) is -1.99. The number of carbonyl (C=O) groups excluding carboxylic acids is 1. The third-order valence-electron chi connectivity index (χ3n) is 2.51. The standard InChI is InChI=1S/C13H8F3IN2O/c14-10-7-8(17)5-6-12(10)18-11-4-2-1-3-9(11)13(20)19(15)16/h1-7,18H. The predicted octanol–water partition coefficient (Wildman–Crippen LogP) is 4.39. The van der Waals surface area contributed by atoms with E-state index in [1.807, 2.05) is 22.6 Å². The molecule has 0 aliphatic rings. The number of amides is 1. The SMILES string of the molecule is O=C(c1ccccc1Nc1ccc(I)cc1F)N(F)F. The number of hydrogen-bond acceptors (Lipinski definition) is 2. The first kappa shape index (κ1) is 14.6. The van der Waals surface area contributed by atoms with Crippen LogP contribution in [0.25, 0.3) is 0 Å². The molecule has 2 aromatic carbocycles. The van der Waals surface area contributed by atoms with Crippen molar-refractivity contribution in [2.45, 2.75) is 0 Å². The van der Waals surface area contributed by atoms with Crippen molar-refractivity contribution in [2.75, 3.05) is 5.32 Å². The first-order valence-electron chi connectivity index (χ1n) is 5.46. The van der Waals surface area contributed by atoms with Crippen LogP contribution < -0.4 is 5.32 Å². The molecular weight excluding hydrogens is 384 g/mol. The smallest absolute Gasteiger partial charge is 0.316 e. The molecule has 104 valence electrons. The minimum atomic E-state index is -1.51. The molecule has 0 fully saturated rings. The highest BCUT2D eigenvalue weighted by atomic mass is 127. The van der Waals surface area contributed by atoms with Crippen LogP contribution in [0, 0.1) is 9.39 Å². The minimum Gasteiger partial charge on any atom is -0.352 e. The lowest BCUT2D eigenvalue weighted by atomic mass is 10.1. The lowest BCUT2D eigenvalue weighted by Gasteiger charge is -2.12. The minimum absolute atomic E-state index is 0.106. The van der Waals surface area contributed by atoms with E-state index in [0.29, 0.717) is 3.57 Å². The van der Waals surface area contributed by atoms with Gasteiger partial charge in [0.25, 0.3) is 0 Å². The lowest BCUT2D eigenvalue weighted by molar-refractivity contribution is -0.108. The van der Waals surface area contributed by atoms with Crippen molar-refractivity contribution in [1.82, 2.24) is 5.34 Å². The zero-order valence-electron chi connectivity index (χ0n) is 9.91. The van der Waals surface area contributed by atoms with Gasteiger partial charge in [0, 0.05) is 8.91 Å². The van der Waals surface area contributed by atoms with E-state index in [0.717, 1.165) is 0 Å². The van der Waals surface area contributed by atoms with Crippen LogP contribution in [0.5, 0.6) is 0 Å². The average Bonchev–Trinajstić information content (AvgIpc) is 2.41. The Morgan fingerprint density at radius 3 is 2.45 bits per heavy atom. The van der Waals surface area contributed by atoms with E-state index >= 15 is 0 Å². The molecule has 0 atom stereocenters. The summed E-state index contributed by atoms with van der Waals surface area (Å²) in [6.07, 6.45) is 0. The number of anilines is 2. The Bertz CT molecular complexity index is 649. The van der Waals surface area contributed by atoms with Crippen LogP contribution in [0.15, 0.2) is 42.5 Å². The molecule has 0 radical (unpaired) electrons. The Morgan fingerprint density at radius 2 is 1.80 bits per heavy atom. The summed E-state index contributed by atoms with van der Waals surface area (Å²) in [4.78, 5) is 11.3. The molecule has 0 aliphatic heterocycles. The molecule has 0 aliphatic carbocycles. The van der Waals surface area contributed by atoms with Gasteiger partial charge in [-0.2, -0.15) is 0 Å². The van der Waals surface area contributed by atoms with Crippen molar-refractivity contribution in [2.24, 2.45) is 0 Å². The molecular formula is C13H8F3IN2O. The third-order valence-corrected chi connectivity index (χ3v) is 3.18. The first-order valence-corrected chi connectivity index (χ1v) is 6.54. The molecule has 1 N–H and O–H groups in total. The van der Waals surface area contributed by atoms with Crippen molar-refractivity contribution in [3.8, 4) is 0 Å². The van der Waals surface area contributed by atoms with E-state index in [9.17, 15) is 18.1 Å². The Balaban J connectivity index is 2.36. The Hall–Kier alpha value is -1.77. The summed E-state index contributed by atoms with van der Waals surface area (Å²) in [5.41, 5.74) is -0.0247. The fraction of sp³-hybridized carbons (Fsp3) is 0. The second kappa shape index (κ2) is 6.12. The molecule has 1 amide bonds. The molecule has 0 heterocycles. The molecule has 0 spiro atoms. The Morgan fingerprint density at radius 1 is 1.10 bits per heavy atom. The van der Waals surface area contributed by atoms with Crippen LogP contribution in [0.2, 0.25) is 0 Å². The van der Waals surface area contributed by atoms with Gasteiger partial charge in [0.15, 0.2) is 0 Å². The zero-order chi connectivity index (χ0) is 14.7. The maximum Gasteiger partial charge on any atom is 0.316 e. The molecule has 20 heavy (non-hydrogen) atoms. The van der Waals surface area contributed by atoms with Crippen molar-refractivity contribution in [3.05, 3.63) is 57.4 Å². The first-order chi connectivity index (χ1) is 9.49. The molecule has 7 heteroatoms. The number of benzene rings is 2. The van der Waals surface area contributed by atoms with Crippen LogP contribution in [0.4, 0.5) is 24.7 Å². The molecule has 0 unspecified atom stereocenters. The molecule has 3 nitrogen and oxygen atoms in total. The van der Waals surface area contributed by atoms with Gasteiger partial charge in [-0.15, -0.1) is 0 Å². The van der Waals surface area contributed by atoms with Gasteiger partial charge < -0.3 is 5.32 Å². The van der Waals surface area contributed by atoms with E-state index in [1.165, 1.54) is 30.3 Å². The summed E-state index contributed by atoms with van der Waals surface area (Å²) < 4.78 is 39.1. The number of nitrogens with zero attached hydrogens (tertiary/aromatic N) is 1. The third kappa shape index (κ3) is 3.21. The van der Waals surface area contributed by atoms with Crippen LogP contribution in [-0.4, -0.2) is 11.3 Å². The van der Waals surface area contributed by atoms with Crippen molar-refractivity contribution < 1.29 is 18.1 Å². The van der Waals surface area contributed by atoms with Crippen molar-refractivity contribution >= 4 is 39.9 Å². The number of rotatable bonds is 3. The van der Waals surface area contributed by atoms with Gasteiger partial charge in [-0.1, -0.05) is 21.1 Å². The fourth-order valence-electron chi connectivity index (χ4n) is 1.61. The summed E-state index contributed by atoms with van der Waals surface area (Å²) in [6, 6.07) is 10.1. The number of nitrogens with one attached hydrogen (secondary N) is 1. The van der Waals surface area contributed by atoms with Gasteiger partial charge in [-0.3, -0.25) is 4.79 Å². The monoisotopic (exact) mass is 392 g/mol. The summed E-state index contributed by atoms with van der Waals surface area (Å²) >= 11 is 1.95. The van der Waals surface area contributed by atoms with Crippen LogP contribution >= 0.6 is 22.6 Å². The number of carbonyl (C=O) groups is 1. The highest BCUT2D eigenvalue weighted by Gasteiger charge is 2.19.